The topological polar surface area (TPSA) is 98.7 Å². The first kappa shape index (κ1) is 18.3. The van der Waals surface area contributed by atoms with Crippen LogP contribution >= 0.6 is 11.3 Å². The Kier molecular flexibility index (Phi) is 5.14. The van der Waals surface area contributed by atoms with E-state index >= 15 is 0 Å². The number of hydrogen-bond acceptors (Lipinski definition) is 6. The van der Waals surface area contributed by atoms with Gasteiger partial charge in [0.1, 0.15) is 11.5 Å². The number of benzene rings is 1. The number of imidazole rings is 1. The van der Waals surface area contributed by atoms with Gasteiger partial charge in [-0.25, -0.2) is 9.97 Å². The quantitative estimate of drug-likeness (QED) is 0.523. The van der Waals surface area contributed by atoms with Crippen LogP contribution in [0, 0.1) is 6.92 Å². The molecule has 8 heteroatoms. The zero-order valence-electron chi connectivity index (χ0n) is 15.4. The molecule has 0 unspecified atom stereocenters. The van der Waals surface area contributed by atoms with Gasteiger partial charge in [-0.05, 0) is 50.2 Å². The maximum absolute atomic E-state index is 12.7. The number of nitrogens with two attached hydrogens (primary N) is 1. The Morgan fingerprint density at radius 3 is 2.89 bits per heavy atom. The van der Waals surface area contributed by atoms with Crippen molar-refractivity contribution in [2.24, 2.45) is 5.73 Å². The van der Waals surface area contributed by atoms with Gasteiger partial charge in [-0.15, -0.1) is 11.3 Å². The van der Waals surface area contributed by atoms with E-state index in [1.54, 1.807) is 6.20 Å². The minimum absolute atomic E-state index is 0.210. The minimum Gasteiger partial charge on any atom is -0.330 e. The monoisotopic (exact) mass is 392 g/mol. The van der Waals surface area contributed by atoms with Crippen molar-refractivity contribution in [2.75, 3.05) is 11.9 Å². The number of amides is 1. The van der Waals surface area contributed by atoms with Gasteiger partial charge in [-0.3, -0.25) is 15.1 Å². The molecule has 0 bridgehead atoms. The molecule has 0 spiro atoms. The molecule has 0 atom stereocenters. The Hall–Kier alpha value is -3.10. The van der Waals surface area contributed by atoms with Crippen molar-refractivity contribution in [2.45, 2.75) is 19.9 Å². The number of thiazole rings is 1. The summed E-state index contributed by atoms with van der Waals surface area (Å²) < 4.78 is 2.13. The highest BCUT2D eigenvalue weighted by Crippen LogP contribution is 2.24. The zero-order valence-corrected chi connectivity index (χ0v) is 16.2. The van der Waals surface area contributed by atoms with Gasteiger partial charge < -0.3 is 10.3 Å². The average Bonchev–Trinajstić information content (AvgIpc) is 3.30. The third-order valence-electron chi connectivity index (χ3n) is 4.44. The van der Waals surface area contributed by atoms with E-state index in [1.807, 2.05) is 48.7 Å². The van der Waals surface area contributed by atoms with Crippen LogP contribution in [-0.4, -0.2) is 32.0 Å². The first-order valence-corrected chi connectivity index (χ1v) is 9.89. The number of nitrogens with zero attached hydrogens (tertiary/aromatic N) is 4. The van der Waals surface area contributed by atoms with Gasteiger partial charge in [0, 0.05) is 23.7 Å². The zero-order chi connectivity index (χ0) is 19.5. The van der Waals surface area contributed by atoms with E-state index in [1.165, 1.54) is 11.3 Å². The molecule has 142 valence electrons. The van der Waals surface area contributed by atoms with E-state index in [0.29, 0.717) is 17.2 Å². The number of hydrogen-bond donors (Lipinski definition) is 2. The van der Waals surface area contributed by atoms with E-state index in [9.17, 15) is 4.79 Å². The van der Waals surface area contributed by atoms with Crippen LogP contribution in [0.5, 0.6) is 0 Å². The number of nitrogens with one attached hydrogen (secondary N) is 1. The molecule has 3 aromatic heterocycles. The summed E-state index contributed by atoms with van der Waals surface area (Å²) in [5.74, 6) is 0.707. The maximum atomic E-state index is 12.7. The summed E-state index contributed by atoms with van der Waals surface area (Å²) >= 11 is 1.37. The molecule has 0 saturated heterocycles. The summed E-state index contributed by atoms with van der Waals surface area (Å²) in [7, 11) is 0. The molecule has 7 nitrogen and oxygen atoms in total. The number of pyridine rings is 1. The second kappa shape index (κ2) is 7.87. The van der Waals surface area contributed by atoms with Crippen LogP contribution in [0.2, 0.25) is 0 Å². The van der Waals surface area contributed by atoms with Gasteiger partial charge >= 0.3 is 0 Å². The van der Waals surface area contributed by atoms with Crippen LogP contribution in [0.3, 0.4) is 0 Å². The summed E-state index contributed by atoms with van der Waals surface area (Å²) in [5, 5.41) is 5.27. The third-order valence-corrected chi connectivity index (χ3v) is 5.20. The van der Waals surface area contributed by atoms with E-state index in [4.69, 9.17) is 5.73 Å². The molecular formula is C20H20N6OS. The Balaban J connectivity index is 1.54. The third kappa shape index (κ3) is 3.64. The number of aromatic nitrogens is 4. The lowest BCUT2D eigenvalue weighted by Gasteiger charge is -2.06. The van der Waals surface area contributed by atoms with Crippen LogP contribution < -0.4 is 11.1 Å². The molecule has 0 aliphatic heterocycles. The Labute approximate surface area is 166 Å². The lowest BCUT2D eigenvalue weighted by atomic mass is 10.2. The molecule has 0 aliphatic rings. The van der Waals surface area contributed by atoms with Crippen molar-refractivity contribution >= 4 is 33.4 Å². The Morgan fingerprint density at radius 1 is 1.21 bits per heavy atom. The molecular weight excluding hydrogens is 372 g/mol. The van der Waals surface area contributed by atoms with Crippen LogP contribution in [0.25, 0.3) is 22.4 Å². The number of anilines is 1. The summed E-state index contributed by atoms with van der Waals surface area (Å²) in [6, 6.07) is 11.2. The molecule has 4 aromatic rings. The van der Waals surface area contributed by atoms with E-state index in [2.05, 4.69) is 24.8 Å². The predicted molar refractivity (Wildman–Crippen MR) is 111 cm³/mol. The second-order valence-electron chi connectivity index (χ2n) is 6.36. The van der Waals surface area contributed by atoms with Gasteiger partial charge in [0.05, 0.1) is 16.7 Å². The van der Waals surface area contributed by atoms with Crippen molar-refractivity contribution < 1.29 is 4.79 Å². The fourth-order valence-corrected chi connectivity index (χ4v) is 3.75. The molecule has 0 saturated carbocycles. The van der Waals surface area contributed by atoms with Crippen LogP contribution in [0.4, 0.5) is 5.13 Å². The summed E-state index contributed by atoms with van der Waals surface area (Å²) in [6.45, 7) is 3.42. The van der Waals surface area contributed by atoms with Crippen molar-refractivity contribution in [3.8, 4) is 11.4 Å². The minimum atomic E-state index is -0.210. The Morgan fingerprint density at radius 2 is 2.11 bits per heavy atom. The normalized spacial score (nSPS) is 11.1. The van der Waals surface area contributed by atoms with Gasteiger partial charge in [-0.1, -0.05) is 6.07 Å². The molecule has 0 aliphatic carbocycles. The number of fused-ring (bicyclic) bond motifs is 1. The molecule has 1 amide bonds. The maximum Gasteiger partial charge on any atom is 0.257 e. The van der Waals surface area contributed by atoms with Crippen LogP contribution in [-0.2, 0) is 6.54 Å². The molecule has 3 N–H and O–H groups in total. The van der Waals surface area contributed by atoms with Gasteiger partial charge in [0.15, 0.2) is 5.13 Å². The van der Waals surface area contributed by atoms with Crippen molar-refractivity contribution in [1.82, 2.24) is 19.5 Å². The highest BCUT2D eigenvalue weighted by Gasteiger charge is 2.13. The van der Waals surface area contributed by atoms with Crippen LogP contribution in [0.15, 0.2) is 48.0 Å². The molecule has 1 aromatic carbocycles. The van der Waals surface area contributed by atoms with Gasteiger partial charge in [-0.2, -0.15) is 0 Å². The van der Waals surface area contributed by atoms with E-state index in [-0.39, 0.29) is 5.91 Å². The van der Waals surface area contributed by atoms with Gasteiger partial charge in [0.2, 0.25) is 0 Å². The molecule has 0 fully saturated rings. The smallest absolute Gasteiger partial charge is 0.257 e. The lowest BCUT2D eigenvalue weighted by molar-refractivity contribution is 0.102. The number of carbonyl (C=O) groups excluding carboxylic acids is 1. The van der Waals surface area contributed by atoms with E-state index < -0.39 is 0 Å². The molecule has 28 heavy (non-hydrogen) atoms. The fourth-order valence-electron chi connectivity index (χ4n) is 3.06. The molecule has 0 radical (unpaired) electrons. The highest BCUT2D eigenvalue weighted by atomic mass is 32.1. The van der Waals surface area contributed by atoms with Gasteiger partial charge in [0.25, 0.3) is 5.91 Å². The predicted octanol–water partition coefficient (Wildman–Crippen LogP) is 3.46. The summed E-state index contributed by atoms with van der Waals surface area (Å²) in [4.78, 5) is 26.0. The lowest BCUT2D eigenvalue weighted by Crippen LogP contribution is -2.11. The SMILES string of the molecule is Cc1nc2cc(C(=O)Nc3nc(-c4ccccn4)cs3)ccc2n1CCCN. The van der Waals surface area contributed by atoms with Crippen molar-refractivity contribution in [3.63, 3.8) is 0 Å². The largest absolute Gasteiger partial charge is 0.330 e. The number of rotatable bonds is 6. The van der Waals surface area contributed by atoms with Crippen molar-refractivity contribution in [1.29, 1.82) is 0 Å². The summed E-state index contributed by atoms with van der Waals surface area (Å²) in [5.41, 5.74) is 9.49. The first-order chi connectivity index (χ1) is 13.7. The highest BCUT2D eigenvalue weighted by molar-refractivity contribution is 7.14. The first-order valence-electron chi connectivity index (χ1n) is 9.01. The van der Waals surface area contributed by atoms with E-state index in [0.717, 1.165) is 41.2 Å². The van der Waals surface area contributed by atoms with Crippen LogP contribution in [0.1, 0.15) is 22.6 Å². The standard InChI is InChI=1S/C20H20N6OS/c1-13-23-16-11-14(6-7-18(16)26(13)10-4-8-21)19(27)25-20-24-17(12-28-20)15-5-2-3-9-22-15/h2-3,5-7,9,11-12H,4,8,10,21H2,1H3,(H,24,25,27). The van der Waals surface area contributed by atoms with Crippen molar-refractivity contribution in [3.05, 3.63) is 59.4 Å². The number of carbonyl (C=O) groups is 1. The summed E-state index contributed by atoms with van der Waals surface area (Å²) in [6.07, 6.45) is 2.61. The average molecular weight is 392 g/mol. The second-order valence-corrected chi connectivity index (χ2v) is 7.22. The molecule has 3 heterocycles. The Bertz CT molecular complexity index is 1120. The number of aryl methyl sites for hydroxylation is 2. The molecule has 4 rings (SSSR count). The fraction of sp³-hybridized carbons (Fsp3) is 0.200.